The van der Waals surface area contributed by atoms with Gasteiger partial charge in [0.15, 0.2) is 0 Å². The van der Waals surface area contributed by atoms with Gasteiger partial charge in [-0.2, -0.15) is 0 Å². The third-order valence-corrected chi connectivity index (χ3v) is 4.83. The van der Waals surface area contributed by atoms with Crippen molar-refractivity contribution in [3.05, 3.63) is 51.6 Å². The van der Waals surface area contributed by atoms with Crippen molar-refractivity contribution < 1.29 is 0 Å². The molecular weight excluding hydrogens is 306 g/mol. The van der Waals surface area contributed by atoms with Gasteiger partial charge in [-0.15, -0.1) is 0 Å². The zero-order chi connectivity index (χ0) is 12.5. The van der Waals surface area contributed by atoms with Crippen LogP contribution in [0.4, 0.5) is 0 Å². The van der Waals surface area contributed by atoms with Gasteiger partial charge in [0.05, 0.1) is 0 Å². The van der Waals surface area contributed by atoms with Gasteiger partial charge < -0.3 is 0 Å². The molecule has 1 aromatic heterocycles. The quantitative estimate of drug-likeness (QED) is 0.789. The number of halogens is 1. The molecule has 0 unspecified atom stereocenters. The number of benzene rings is 1. The molecule has 0 N–H and O–H groups in total. The number of aromatic nitrogens is 1. The summed E-state index contributed by atoms with van der Waals surface area (Å²) in [4.78, 5) is 5.78. The monoisotopic (exact) mass is 319 g/mol. The number of fused-ring (bicyclic) bond motifs is 1. The predicted octanol–water partition coefficient (Wildman–Crippen LogP) is 4.79. The highest BCUT2D eigenvalue weighted by molar-refractivity contribution is 9.10. The van der Waals surface area contributed by atoms with Crippen LogP contribution in [0.2, 0.25) is 0 Å². The molecule has 0 saturated heterocycles. The summed E-state index contributed by atoms with van der Waals surface area (Å²) in [5.74, 6) is 0. The van der Waals surface area contributed by atoms with Crippen molar-refractivity contribution in [2.24, 2.45) is 0 Å². The SMILES string of the molecule is Cc1cc(Br)cnc1Sc1ccc2c(c1)CCC2. The van der Waals surface area contributed by atoms with Gasteiger partial charge in [-0.1, -0.05) is 17.8 Å². The standard InChI is InChI=1S/C15H14BrNS/c1-10-7-13(16)9-17-15(10)18-14-6-5-11-3-2-4-12(11)8-14/h5-9H,2-4H2,1H3. The minimum absolute atomic E-state index is 1.04. The zero-order valence-corrected chi connectivity index (χ0v) is 12.6. The first-order valence-corrected chi connectivity index (χ1v) is 7.75. The van der Waals surface area contributed by atoms with Crippen LogP contribution in [0.15, 0.2) is 44.9 Å². The first-order chi connectivity index (χ1) is 8.72. The van der Waals surface area contributed by atoms with E-state index in [0.29, 0.717) is 0 Å². The van der Waals surface area contributed by atoms with E-state index in [4.69, 9.17) is 0 Å². The summed E-state index contributed by atoms with van der Waals surface area (Å²) < 4.78 is 1.04. The van der Waals surface area contributed by atoms with E-state index in [9.17, 15) is 0 Å². The third-order valence-electron chi connectivity index (χ3n) is 3.28. The second-order valence-corrected chi connectivity index (χ2v) is 6.64. The van der Waals surface area contributed by atoms with E-state index in [0.717, 1.165) is 9.50 Å². The molecule has 0 aliphatic heterocycles. The van der Waals surface area contributed by atoms with Gasteiger partial charge in [0, 0.05) is 15.6 Å². The Labute approximate surface area is 120 Å². The van der Waals surface area contributed by atoms with E-state index in [1.165, 1.54) is 40.8 Å². The zero-order valence-electron chi connectivity index (χ0n) is 10.2. The number of hydrogen-bond acceptors (Lipinski definition) is 2. The lowest BCUT2D eigenvalue weighted by atomic mass is 10.1. The molecule has 1 aliphatic carbocycles. The Morgan fingerprint density at radius 3 is 2.83 bits per heavy atom. The maximum atomic E-state index is 4.48. The number of hydrogen-bond donors (Lipinski definition) is 0. The Hall–Kier alpha value is -0.800. The molecule has 2 aromatic rings. The molecule has 0 fully saturated rings. The molecule has 1 heterocycles. The summed E-state index contributed by atoms with van der Waals surface area (Å²) in [6, 6.07) is 8.94. The molecule has 1 aromatic carbocycles. The second kappa shape index (κ2) is 5.06. The number of rotatable bonds is 2. The molecule has 1 aliphatic rings. The molecule has 0 atom stereocenters. The van der Waals surface area contributed by atoms with E-state index < -0.39 is 0 Å². The largest absolute Gasteiger partial charge is 0.248 e. The molecule has 92 valence electrons. The summed E-state index contributed by atoms with van der Waals surface area (Å²) in [6.45, 7) is 2.10. The third kappa shape index (κ3) is 2.47. The topological polar surface area (TPSA) is 12.9 Å². The van der Waals surface area contributed by atoms with Crippen molar-refractivity contribution in [1.82, 2.24) is 4.98 Å². The fourth-order valence-corrected chi connectivity index (χ4v) is 3.69. The number of aryl methyl sites for hydroxylation is 3. The van der Waals surface area contributed by atoms with E-state index in [1.54, 1.807) is 11.8 Å². The van der Waals surface area contributed by atoms with Crippen molar-refractivity contribution in [3.8, 4) is 0 Å². The maximum Gasteiger partial charge on any atom is 0.104 e. The Balaban J connectivity index is 1.88. The van der Waals surface area contributed by atoms with Crippen LogP contribution in [0.25, 0.3) is 0 Å². The molecule has 18 heavy (non-hydrogen) atoms. The van der Waals surface area contributed by atoms with Crippen molar-refractivity contribution in [1.29, 1.82) is 0 Å². The lowest BCUT2D eigenvalue weighted by molar-refractivity contribution is 0.911. The fraction of sp³-hybridized carbons (Fsp3) is 0.267. The normalized spacial score (nSPS) is 13.7. The Morgan fingerprint density at radius 2 is 2.00 bits per heavy atom. The van der Waals surface area contributed by atoms with Crippen LogP contribution in [-0.4, -0.2) is 4.98 Å². The Bertz CT molecular complexity index is 595. The lowest BCUT2D eigenvalue weighted by Gasteiger charge is -2.07. The Kier molecular flexibility index (Phi) is 3.44. The van der Waals surface area contributed by atoms with Crippen molar-refractivity contribution in [3.63, 3.8) is 0 Å². The highest BCUT2D eigenvalue weighted by Gasteiger charge is 2.12. The molecule has 1 nitrogen and oxygen atoms in total. The minimum Gasteiger partial charge on any atom is -0.248 e. The molecule has 0 amide bonds. The van der Waals surface area contributed by atoms with Gasteiger partial charge in [-0.05, 0) is 77.0 Å². The van der Waals surface area contributed by atoms with Crippen molar-refractivity contribution >= 4 is 27.7 Å². The average molecular weight is 320 g/mol. The molecule has 0 saturated carbocycles. The molecule has 0 spiro atoms. The first kappa shape index (κ1) is 12.2. The lowest BCUT2D eigenvalue weighted by Crippen LogP contribution is -1.87. The van der Waals surface area contributed by atoms with E-state index in [2.05, 4.69) is 52.1 Å². The molecule has 3 rings (SSSR count). The first-order valence-electron chi connectivity index (χ1n) is 6.14. The Morgan fingerprint density at radius 1 is 1.17 bits per heavy atom. The van der Waals surface area contributed by atoms with Gasteiger partial charge in [-0.3, -0.25) is 0 Å². The highest BCUT2D eigenvalue weighted by atomic mass is 79.9. The van der Waals surface area contributed by atoms with Crippen LogP contribution >= 0.6 is 27.7 Å². The summed E-state index contributed by atoms with van der Waals surface area (Å²) in [5.41, 5.74) is 4.27. The summed E-state index contributed by atoms with van der Waals surface area (Å²) in [7, 11) is 0. The fourth-order valence-electron chi connectivity index (χ4n) is 2.36. The van der Waals surface area contributed by atoms with Gasteiger partial charge in [0.2, 0.25) is 0 Å². The van der Waals surface area contributed by atoms with Crippen molar-refractivity contribution in [2.75, 3.05) is 0 Å². The number of nitrogens with zero attached hydrogens (tertiary/aromatic N) is 1. The summed E-state index contributed by atoms with van der Waals surface area (Å²) in [6.07, 6.45) is 5.65. The van der Waals surface area contributed by atoms with Crippen molar-refractivity contribution in [2.45, 2.75) is 36.1 Å². The van der Waals surface area contributed by atoms with Crippen LogP contribution in [0.1, 0.15) is 23.1 Å². The number of pyridine rings is 1. The van der Waals surface area contributed by atoms with E-state index in [1.807, 2.05) is 6.20 Å². The summed E-state index contributed by atoms with van der Waals surface area (Å²) in [5, 5.41) is 1.09. The van der Waals surface area contributed by atoms with Crippen LogP contribution in [0.5, 0.6) is 0 Å². The van der Waals surface area contributed by atoms with Gasteiger partial charge in [0.25, 0.3) is 0 Å². The molecule has 0 radical (unpaired) electrons. The van der Waals surface area contributed by atoms with Gasteiger partial charge >= 0.3 is 0 Å². The van der Waals surface area contributed by atoms with Crippen LogP contribution in [0, 0.1) is 6.92 Å². The highest BCUT2D eigenvalue weighted by Crippen LogP contribution is 2.33. The molecular formula is C15H14BrNS. The smallest absolute Gasteiger partial charge is 0.104 e. The van der Waals surface area contributed by atoms with Gasteiger partial charge in [-0.25, -0.2) is 4.98 Å². The summed E-state index contributed by atoms with van der Waals surface area (Å²) >= 11 is 5.21. The minimum atomic E-state index is 1.04. The van der Waals surface area contributed by atoms with E-state index >= 15 is 0 Å². The second-order valence-electron chi connectivity index (χ2n) is 4.66. The van der Waals surface area contributed by atoms with Gasteiger partial charge in [0.1, 0.15) is 5.03 Å². The van der Waals surface area contributed by atoms with E-state index in [-0.39, 0.29) is 0 Å². The maximum absolute atomic E-state index is 4.48. The van der Waals surface area contributed by atoms with Crippen LogP contribution in [-0.2, 0) is 12.8 Å². The average Bonchev–Trinajstić information content (AvgIpc) is 2.80. The van der Waals surface area contributed by atoms with Crippen LogP contribution < -0.4 is 0 Å². The predicted molar refractivity (Wildman–Crippen MR) is 79.3 cm³/mol. The van der Waals surface area contributed by atoms with Crippen LogP contribution in [0.3, 0.4) is 0 Å². The molecule has 3 heteroatoms. The molecule has 0 bridgehead atoms.